The van der Waals surface area contributed by atoms with Crippen molar-refractivity contribution in [3.63, 3.8) is 0 Å². The minimum absolute atomic E-state index is 0.00325. The smallest absolute Gasteiger partial charge is 0.323 e. The SMILES string of the molecule is C[C@@H]1C[C@H](N2CCC[C@H](c3cc(C(N)=O)n[nH]3)C2)C(=O)O1. The van der Waals surface area contributed by atoms with E-state index in [1.54, 1.807) is 6.07 Å². The highest BCUT2D eigenvalue weighted by atomic mass is 16.6. The molecule has 21 heavy (non-hydrogen) atoms. The number of ether oxygens (including phenoxy) is 1. The van der Waals surface area contributed by atoms with Crippen LogP contribution in [0, 0.1) is 0 Å². The highest BCUT2D eigenvalue weighted by Crippen LogP contribution is 2.30. The molecule has 2 aliphatic rings. The standard InChI is InChI=1S/C14H20N4O3/c1-8-5-12(14(20)21-8)18-4-2-3-9(7-18)10-6-11(13(15)19)17-16-10/h6,8-9,12H,2-5,7H2,1H3,(H2,15,19)(H,16,17)/t8-,9+,12+/m1/s1. The van der Waals surface area contributed by atoms with Gasteiger partial charge >= 0.3 is 5.97 Å². The summed E-state index contributed by atoms with van der Waals surface area (Å²) in [6, 6.07) is 1.58. The van der Waals surface area contributed by atoms with Gasteiger partial charge in [-0.15, -0.1) is 0 Å². The molecule has 0 saturated carbocycles. The van der Waals surface area contributed by atoms with Crippen molar-refractivity contribution >= 4 is 11.9 Å². The first kappa shape index (κ1) is 14.1. The van der Waals surface area contributed by atoms with E-state index in [-0.39, 0.29) is 29.7 Å². The Morgan fingerprint density at radius 2 is 2.38 bits per heavy atom. The lowest BCUT2D eigenvalue weighted by Gasteiger charge is -2.34. The Kier molecular flexibility index (Phi) is 3.67. The maximum atomic E-state index is 11.9. The number of H-pyrrole nitrogens is 1. The fraction of sp³-hybridized carbons (Fsp3) is 0.643. The van der Waals surface area contributed by atoms with Crippen molar-refractivity contribution in [2.45, 2.75) is 44.2 Å². The quantitative estimate of drug-likeness (QED) is 0.785. The van der Waals surface area contributed by atoms with Gasteiger partial charge in [-0.05, 0) is 32.4 Å². The monoisotopic (exact) mass is 292 g/mol. The number of nitrogens with zero attached hydrogens (tertiary/aromatic N) is 2. The van der Waals surface area contributed by atoms with Gasteiger partial charge in [-0.2, -0.15) is 5.10 Å². The number of aromatic amines is 1. The molecule has 2 saturated heterocycles. The third-order valence-corrected chi connectivity index (χ3v) is 4.33. The van der Waals surface area contributed by atoms with E-state index in [2.05, 4.69) is 15.1 Å². The van der Waals surface area contributed by atoms with E-state index in [1.807, 2.05) is 6.92 Å². The van der Waals surface area contributed by atoms with Crippen molar-refractivity contribution in [2.24, 2.45) is 5.73 Å². The van der Waals surface area contributed by atoms with Gasteiger partial charge in [0.05, 0.1) is 0 Å². The predicted molar refractivity (Wildman–Crippen MR) is 74.6 cm³/mol. The fourth-order valence-corrected chi connectivity index (χ4v) is 3.25. The lowest BCUT2D eigenvalue weighted by molar-refractivity contribution is -0.145. The molecular weight excluding hydrogens is 272 g/mol. The van der Waals surface area contributed by atoms with E-state index in [0.29, 0.717) is 0 Å². The summed E-state index contributed by atoms with van der Waals surface area (Å²) in [6.45, 7) is 3.60. The summed E-state index contributed by atoms with van der Waals surface area (Å²) in [6.07, 6.45) is 2.76. The van der Waals surface area contributed by atoms with Gasteiger partial charge in [0, 0.05) is 24.6 Å². The molecule has 0 radical (unpaired) electrons. The summed E-state index contributed by atoms with van der Waals surface area (Å²) in [7, 11) is 0. The number of primary amides is 1. The summed E-state index contributed by atoms with van der Waals surface area (Å²) in [4.78, 5) is 25.2. The molecule has 0 spiro atoms. The van der Waals surface area contributed by atoms with E-state index in [4.69, 9.17) is 10.5 Å². The Bertz CT molecular complexity index is 556. The number of hydrogen-bond donors (Lipinski definition) is 2. The molecule has 114 valence electrons. The Labute approximate surface area is 122 Å². The largest absolute Gasteiger partial charge is 0.461 e. The summed E-state index contributed by atoms with van der Waals surface area (Å²) in [5.74, 6) is -0.410. The van der Waals surface area contributed by atoms with Crippen molar-refractivity contribution in [1.29, 1.82) is 0 Å². The lowest BCUT2D eigenvalue weighted by Crippen LogP contribution is -2.44. The number of carbonyl (C=O) groups is 2. The van der Waals surface area contributed by atoms with Crippen molar-refractivity contribution in [3.05, 3.63) is 17.5 Å². The minimum atomic E-state index is -0.529. The molecule has 1 aromatic rings. The van der Waals surface area contributed by atoms with Crippen molar-refractivity contribution in [3.8, 4) is 0 Å². The molecule has 0 aliphatic carbocycles. The molecule has 7 nitrogen and oxygen atoms in total. The van der Waals surface area contributed by atoms with Crippen LogP contribution in [0.3, 0.4) is 0 Å². The molecule has 7 heteroatoms. The van der Waals surface area contributed by atoms with Crippen LogP contribution in [-0.2, 0) is 9.53 Å². The summed E-state index contributed by atoms with van der Waals surface area (Å²) in [5.41, 5.74) is 6.39. The van der Waals surface area contributed by atoms with Gasteiger partial charge in [-0.3, -0.25) is 19.6 Å². The van der Waals surface area contributed by atoms with E-state index < -0.39 is 5.91 Å². The zero-order valence-electron chi connectivity index (χ0n) is 12.0. The number of hydrogen-bond acceptors (Lipinski definition) is 5. The summed E-state index contributed by atoms with van der Waals surface area (Å²) < 4.78 is 5.24. The Morgan fingerprint density at radius 3 is 3.00 bits per heavy atom. The first-order valence-corrected chi connectivity index (χ1v) is 7.34. The van der Waals surface area contributed by atoms with E-state index in [9.17, 15) is 9.59 Å². The predicted octanol–water partition coefficient (Wildman–Crippen LogP) is 0.392. The normalized spacial score (nSPS) is 30.3. The number of nitrogens with two attached hydrogens (primary N) is 1. The van der Waals surface area contributed by atoms with Crippen LogP contribution in [0.5, 0.6) is 0 Å². The molecule has 3 atom stereocenters. The average molecular weight is 292 g/mol. The van der Waals surface area contributed by atoms with E-state index in [0.717, 1.165) is 38.0 Å². The molecule has 3 heterocycles. The minimum Gasteiger partial charge on any atom is -0.461 e. The number of esters is 1. The maximum absolute atomic E-state index is 11.9. The van der Waals surface area contributed by atoms with Crippen LogP contribution in [0.2, 0.25) is 0 Å². The van der Waals surface area contributed by atoms with E-state index >= 15 is 0 Å². The van der Waals surface area contributed by atoms with Gasteiger partial charge in [0.25, 0.3) is 5.91 Å². The average Bonchev–Trinajstić information content (AvgIpc) is 3.06. The van der Waals surface area contributed by atoms with Gasteiger partial charge in [0.15, 0.2) is 0 Å². The first-order valence-electron chi connectivity index (χ1n) is 7.34. The van der Waals surface area contributed by atoms with Crippen LogP contribution in [0.15, 0.2) is 6.07 Å². The highest BCUT2D eigenvalue weighted by Gasteiger charge is 2.38. The number of nitrogens with one attached hydrogen (secondary N) is 1. The zero-order chi connectivity index (χ0) is 15.0. The first-order chi connectivity index (χ1) is 10.0. The third-order valence-electron chi connectivity index (χ3n) is 4.33. The van der Waals surface area contributed by atoms with Crippen molar-refractivity contribution < 1.29 is 14.3 Å². The number of cyclic esters (lactones) is 1. The third kappa shape index (κ3) is 2.78. The van der Waals surface area contributed by atoms with Crippen LogP contribution < -0.4 is 5.73 Å². The highest BCUT2D eigenvalue weighted by molar-refractivity contribution is 5.90. The van der Waals surface area contributed by atoms with Crippen molar-refractivity contribution in [2.75, 3.05) is 13.1 Å². The second kappa shape index (κ2) is 5.48. The molecule has 1 aromatic heterocycles. The molecule has 3 rings (SSSR count). The number of aromatic nitrogens is 2. The van der Waals surface area contributed by atoms with Crippen LogP contribution in [0.4, 0.5) is 0 Å². The molecule has 2 fully saturated rings. The van der Waals surface area contributed by atoms with Gasteiger partial charge in [0.2, 0.25) is 0 Å². The Morgan fingerprint density at radius 1 is 1.57 bits per heavy atom. The van der Waals surface area contributed by atoms with Crippen LogP contribution in [0.1, 0.15) is 48.3 Å². The Hall–Kier alpha value is -1.89. The summed E-state index contributed by atoms with van der Waals surface area (Å²) in [5, 5.41) is 6.83. The number of carbonyl (C=O) groups excluding carboxylic acids is 2. The van der Waals surface area contributed by atoms with Gasteiger partial charge in [-0.1, -0.05) is 0 Å². The molecule has 0 aromatic carbocycles. The molecule has 1 amide bonds. The van der Waals surface area contributed by atoms with E-state index in [1.165, 1.54) is 0 Å². The molecular formula is C14H20N4O3. The molecule has 0 unspecified atom stereocenters. The fourth-order valence-electron chi connectivity index (χ4n) is 3.25. The van der Waals surface area contributed by atoms with Gasteiger partial charge in [0.1, 0.15) is 17.8 Å². The Balaban J connectivity index is 1.70. The van der Waals surface area contributed by atoms with Gasteiger partial charge in [-0.25, -0.2) is 0 Å². The number of piperidine rings is 1. The molecule has 0 bridgehead atoms. The molecule has 3 N–H and O–H groups in total. The number of amides is 1. The van der Waals surface area contributed by atoms with Crippen LogP contribution in [0.25, 0.3) is 0 Å². The van der Waals surface area contributed by atoms with Crippen LogP contribution in [-0.4, -0.2) is 52.2 Å². The number of likely N-dealkylation sites (tertiary alicyclic amines) is 1. The van der Waals surface area contributed by atoms with Crippen LogP contribution >= 0.6 is 0 Å². The maximum Gasteiger partial charge on any atom is 0.323 e. The second-order valence-electron chi connectivity index (χ2n) is 5.91. The van der Waals surface area contributed by atoms with Crippen molar-refractivity contribution in [1.82, 2.24) is 15.1 Å². The number of rotatable bonds is 3. The summed E-state index contributed by atoms with van der Waals surface area (Å²) >= 11 is 0. The van der Waals surface area contributed by atoms with Gasteiger partial charge < -0.3 is 10.5 Å². The lowest BCUT2D eigenvalue weighted by atomic mass is 9.93. The topological polar surface area (TPSA) is 101 Å². The second-order valence-corrected chi connectivity index (χ2v) is 5.91. The zero-order valence-corrected chi connectivity index (χ0v) is 12.0. The molecule has 2 aliphatic heterocycles.